The summed E-state index contributed by atoms with van der Waals surface area (Å²) in [5, 5.41) is 11.1. The minimum atomic E-state index is -0.129. The maximum Gasteiger partial charge on any atom is 0.263 e. The van der Waals surface area contributed by atoms with Crippen LogP contribution in [0.1, 0.15) is 24.3 Å². The summed E-state index contributed by atoms with van der Waals surface area (Å²) < 4.78 is 3.42. The standard InChI is InChI=1S/C27H26N6O2S/c1-2-13-32-25(35)20-8-4-6-10-23(20)33-26(32)29-30-27(33)36-17-24(34)31-14-11-18(12-15-31)21-16-28-22-9-5-3-7-19(21)22/h2-10,16,18,28H,1,11-15,17H2. The number of nitrogens with zero attached hydrogens (tertiary/aromatic N) is 5. The molecule has 1 aliphatic heterocycles. The molecule has 0 atom stereocenters. The Morgan fingerprint density at radius 3 is 2.64 bits per heavy atom. The Bertz CT molecular complexity index is 1660. The summed E-state index contributed by atoms with van der Waals surface area (Å²) in [5.74, 6) is 1.27. The van der Waals surface area contributed by atoms with Crippen LogP contribution in [0.2, 0.25) is 0 Å². The van der Waals surface area contributed by atoms with Crippen LogP contribution in [0, 0.1) is 0 Å². The fourth-order valence-corrected chi connectivity index (χ4v) is 6.05. The summed E-state index contributed by atoms with van der Waals surface area (Å²) >= 11 is 1.36. The van der Waals surface area contributed by atoms with Gasteiger partial charge >= 0.3 is 0 Å². The Balaban J connectivity index is 1.18. The van der Waals surface area contributed by atoms with Crippen LogP contribution in [-0.4, -0.2) is 53.8 Å². The molecule has 0 unspecified atom stereocenters. The van der Waals surface area contributed by atoms with Crippen LogP contribution in [0.5, 0.6) is 0 Å². The number of aromatic amines is 1. The van der Waals surface area contributed by atoms with E-state index in [1.54, 1.807) is 16.7 Å². The summed E-state index contributed by atoms with van der Waals surface area (Å²) in [5.41, 5.74) is 3.11. The monoisotopic (exact) mass is 498 g/mol. The predicted octanol–water partition coefficient (Wildman–Crippen LogP) is 4.21. The first-order chi connectivity index (χ1) is 17.7. The number of benzene rings is 2. The number of thioether (sulfide) groups is 1. The van der Waals surface area contributed by atoms with E-state index in [9.17, 15) is 9.59 Å². The number of aromatic nitrogens is 5. The number of likely N-dealkylation sites (tertiary alicyclic amines) is 1. The molecule has 0 saturated carbocycles. The first kappa shape index (κ1) is 22.6. The van der Waals surface area contributed by atoms with Gasteiger partial charge in [0.05, 0.1) is 16.7 Å². The third-order valence-corrected chi connectivity index (χ3v) is 7.94. The minimum Gasteiger partial charge on any atom is -0.361 e. The Morgan fingerprint density at radius 1 is 1.08 bits per heavy atom. The molecule has 8 nitrogen and oxygen atoms in total. The quantitative estimate of drug-likeness (QED) is 0.280. The SMILES string of the molecule is C=CCn1c(=O)c2ccccc2n2c(SCC(=O)N3CCC(c4c[nH]c5ccccc45)CC3)nnc12. The smallest absolute Gasteiger partial charge is 0.263 e. The zero-order valence-corrected chi connectivity index (χ0v) is 20.6. The fourth-order valence-electron chi connectivity index (χ4n) is 5.21. The van der Waals surface area contributed by atoms with Crippen molar-refractivity contribution in [3.8, 4) is 0 Å². The number of para-hydroxylation sites is 2. The number of carbonyl (C=O) groups is 1. The largest absolute Gasteiger partial charge is 0.361 e. The van der Waals surface area contributed by atoms with Crippen LogP contribution in [0.15, 0.2) is 77.3 Å². The maximum atomic E-state index is 13.1. The van der Waals surface area contributed by atoms with Crippen molar-refractivity contribution in [1.29, 1.82) is 0 Å². The van der Waals surface area contributed by atoms with Gasteiger partial charge in [-0.15, -0.1) is 16.8 Å². The van der Waals surface area contributed by atoms with Gasteiger partial charge in [0.1, 0.15) is 0 Å². The molecule has 1 amide bonds. The van der Waals surface area contributed by atoms with Crippen molar-refractivity contribution < 1.29 is 4.79 Å². The lowest BCUT2D eigenvalue weighted by atomic mass is 9.89. The molecule has 6 rings (SSSR count). The van der Waals surface area contributed by atoms with Gasteiger partial charge in [-0.25, -0.2) is 0 Å². The number of piperidine rings is 1. The number of hydrogen-bond donors (Lipinski definition) is 1. The second-order valence-electron chi connectivity index (χ2n) is 9.07. The topological polar surface area (TPSA) is 88.3 Å². The van der Waals surface area contributed by atoms with Crippen LogP contribution in [0.4, 0.5) is 0 Å². The zero-order chi connectivity index (χ0) is 24.6. The molecular formula is C27H26N6O2S. The number of fused-ring (bicyclic) bond motifs is 4. The van der Waals surface area contributed by atoms with E-state index in [4.69, 9.17) is 0 Å². The average molecular weight is 499 g/mol. The summed E-state index contributed by atoms with van der Waals surface area (Å²) in [7, 11) is 0. The van der Waals surface area contributed by atoms with Gasteiger partial charge in [-0.1, -0.05) is 48.2 Å². The van der Waals surface area contributed by atoms with Gasteiger partial charge in [-0.05, 0) is 42.5 Å². The van der Waals surface area contributed by atoms with Gasteiger partial charge in [0.15, 0.2) is 5.16 Å². The molecular weight excluding hydrogens is 472 g/mol. The molecule has 1 aliphatic rings. The highest BCUT2D eigenvalue weighted by molar-refractivity contribution is 7.99. The molecule has 36 heavy (non-hydrogen) atoms. The van der Waals surface area contributed by atoms with Gasteiger partial charge < -0.3 is 9.88 Å². The van der Waals surface area contributed by atoms with Crippen LogP contribution in [0.3, 0.4) is 0 Å². The van der Waals surface area contributed by atoms with E-state index in [0.29, 0.717) is 28.8 Å². The summed E-state index contributed by atoms with van der Waals surface area (Å²) in [4.78, 5) is 31.4. The van der Waals surface area contributed by atoms with E-state index in [1.165, 1.54) is 22.7 Å². The van der Waals surface area contributed by atoms with Crippen molar-refractivity contribution in [2.24, 2.45) is 0 Å². The normalized spacial score (nSPS) is 14.7. The number of hydrogen-bond acceptors (Lipinski definition) is 5. The summed E-state index contributed by atoms with van der Waals surface area (Å²) in [6.07, 6.45) is 5.69. The first-order valence-corrected chi connectivity index (χ1v) is 13.1. The number of amides is 1. The lowest BCUT2D eigenvalue weighted by molar-refractivity contribution is -0.129. The van der Waals surface area contributed by atoms with Crippen LogP contribution >= 0.6 is 11.8 Å². The van der Waals surface area contributed by atoms with Crippen LogP contribution < -0.4 is 5.56 Å². The lowest BCUT2D eigenvalue weighted by Crippen LogP contribution is -2.38. The van der Waals surface area contributed by atoms with Crippen LogP contribution in [-0.2, 0) is 11.3 Å². The maximum absolute atomic E-state index is 13.1. The molecule has 0 bridgehead atoms. The molecule has 4 heterocycles. The van der Waals surface area contributed by atoms with E-state index in [-0.39, 0.29) is 17.2 Å². The van der Waals surface area contributed by atoms with Crippen molar-refractivity contribution >= 4 is 45.3 Å². The van der Waals surface area contributed by atoms with Gasteiger partial charge in [0.25, 0.3) is 5.56 Å². The number of rotatable bonds is 6. The van der Waals surface area contributed by atoms with Crippen molar-refractivity contribution in [3.05, 3.63) is 83.3 Å². The van der Waals surface area contributed by atoms with Crippen molar-refractivity contribution in [1.82, 2.24) is 29.0 Å². The summed E-state index contributed by atoms with van der Waals surface area (Å²) in [6, 6.07) is 15.8. The highest BCUT2D eigenvalue weighted by Crippen LogP contribution is 2.33. The molecule has 0 aliphatic carbocycles. The Kier molecular flexibility index (Phi) is 5.85. The van der Waals surface area contributed by atoms with E-state index >= 15 is 0 Å². The lowest BCUT2D eigenvalue weighted by Gasteiger charge is -2.32. The molecule has 3 aromatic heterocycles. The predicted molar refractivity (Wildman–Crippen MR) is 143 cm³/mol. The number of H-pyrrole nitrogens is 1. The Hall–Kier alpha value is -3.85. The Labute approximate surface area is 211 Å². The highest BCUT2D eigenvalue weighted by atomic mass is 32.2. The number of carbonyl (C=O) groups excluding carboxylic acids is 1. The molecule has 9 heteroatoms. The second-order valence-corrected chi connectivity index (χ2v) is 10.0. The Morgan fingerprint density at radius 2 is 1.83 bits per heavy atom. The molecule has 0 spiro atoms. The molecule has 1 fully saturated rings. The zero-order valence-electron chi connectivity index (χ0n) is 19.8. The number of nitrogens with one attached hydrogen (secondary N) is 1. The van der Waals surface area contributed by atoms with Crippen molar-refractivity contribution in [2.45, 2.75) is 30.5 Å². The van der Waals surface area contributed by atoms with E-state index in [0.717, 1.165) is 37.0 Å². The van der Waals surface area contributed by atoms with Gasteiger partial charge in [-0.3, -0.25) is 18.6 Å². The van der Waals surface area contributed by atoms with Crippen molar-refractivity contribution in [2.75, 3.05) is 18.8 Å². The van der Waals surface area contributed by atoms with E-state index < -0.39 is 0 Å². The van der Waals surface area contributed by atoms with Gasteiger partial charge in [-0.2, -0.15) is 0 Å². The molecule has 1 N–H and O–H groups in total. The van der Waals surface area contributed by atoms with Crippen molar-refractivity contribution in [3.63, 3.8) is 0 Å². The third kappa shape index (κ3) is 3.80. The molecule has 0 radical (unpaired) electrons. The third-order valence-electron chi connectivity index (χ3n) is 7.02. The van der Waals surface area contributed by atoms with E-state index in [2.05, 4.69) is 46.2 Å². The first-order valence-electron chi connectivity index (χ1n) is 12.1. The summed E-state index contributed by atoms with van der Waals surface area (Å²) in [6.45, 7) is 5.58. The number of allylic oxidation sites excluding steroid dienone is 1. The molecule has 5 aromatic rings. The van der Waals surface area contributed by atoms with Crippen LogP contribution in [0.25, 0.3) is 27.6 Å². The second kappa shape index (κ2) is 9.31. The van der Waals surface area contributed by atoms with Gasteiger partial charge in [0.2, 0.25) is 11.7 Å². The fraction of sp³-hybridized carbons (Fsp3) is 0.259. The van der Waals surface area contributed by atoms with E-state index in [1.807, 2.05) is 33.6 Å². The average Bonchev–Trinajstić information content (AvgIpc) is 3.54. The highest BCUT2D eigenvalue weighted by Gasteiger charge is 2.26. The van der Waals surface area contributed by atoms with Gasteiger partial charge in [0, 0.05) is 36.7 Å². The molecule has 1 saturated heterocycles. The minimum absolute atomic E-state index is 0.0952. The molecule has 2 aromatic carbocycles. The molecule has 182 valence electrons.